The normalized spacial score (nSPS) is 27.0. The number of amides is 1. The molecule has 9 heteroatoms. The minimum Gasteiger partial charge on any atom is -0.400 e. The monoisotopic (exact) mass is 364 g/mol. The van der Waals surface area contributed by atoms with Crippen LogP contribution in [0.1, 0.15) is 32.1 Å². The van der Waals surface area contributed by atoms with Gasteiger partial charge in [0.2, 0.25) is 5.91 Å². The number of hydrogen-bond acceptors (Lipinski definition) is 8. The summed E-state index contributed by atoms with van der Waals surface area (Å²) in [6, 6.07) is 0. The van der Waals surface area contributed by atoms with Gasteiger partial charge in [-0.05, 0) is 38.8 Å². The van der Waals surface area contributed by atoms with Gasteiger partial charge in [0.1, 0.15) is 6.23 Å². The van der Waals surface area contributed by atoms with Crippen LogP contribution in [-0.2, 0) is 4.79 Å². The Hall–Kier alpha value is -0.810. The van der Waals surface area contributed by atoms with Crippen molar-refractivity contribution in [1.82, 2.24) is 21.3 Å². The third-order valence-electron chi connectivity index (χ3n) is 3.79. The zero-order valence-corrected chi connectivity index (χ0v) is 15.2. The predicted molar refractivity (Wildman–Crippen MR) is 96.0 cm³/mol. The van der Waals surface area contributed by atoms with E-state index in [0.29, 0.717) is 6.54 Å². The highest BCUT2D eigenvalue weighted by atomic mass is 16.3. The maximum absolute atomic E-state index is 10.6. The Morgan fingerprint density at radius 2 is 1.52 bits per heavy atom. The fourth-order valence-electron chi connectivity index (χ4n) is 2.40. The summed E-state index contributed by atoms with van der Waals surface area (Å²) in [5.74, 6) is -0.0278. The molecule has 3 aliphatic heterocycles. The summed E-state index contributed by atoms with van der Waals surface area (Å²) in [7, 11) is 1.00. The fourth-order valence-corrected chi connectivity index (χ4v) is 2.40. The highest BCUT2D eigenvalue weighted by Gasteiger charge is 2.13. The SMILES string of the molecule is CO.O=C1CC(O)CCCN1.OC1CCNCC1.OC1CNCCN1. The molecular formula is C16H36N4O5. The highest BCUT2D eigenvalue weighted by Crippen LogP contribution is 2.04. The van der Waals surface area contributed by atoms with Crippen molar-refractivity contribution in [2.75, 3.05) is 46.4 Å². The lowest BCUT2D eigenvalue weighted by molar-refractivity contribution is -0.122. The first kappa shape index (κ1) is 24.2. The molecule has 9 nitrogen and oxygen atoms in total. The molecule has 8 N–H and O–H groups in total. The van der Waals surface area contributed by atoms with Gasteiger partial charge < -0.3 is 36.4 Å². The van der Waals surface area contributed by atoms with E-state index in [1.807, 2.05) is 0 Å². The maximum Gasteiger partial charge on any atom is 0.222 e. The Morgan fingerprint density at radius 3 is 1.96 bits per heavy atom. The van der Waals surface area contributed by atoms with Gasteiger partial charge in [-0.1, -0.05) is 0 Å². The van der Waals surface area contributed by atoms with Gasteiger partial charge in [0.25, 0.3) is 0 Å². The number of piperidine rings is 1. The molecule has 0 radical (unpaired) electrons. The molecule has 2 atom stereocenters. The number of rotatable bonds is 0. The third kappa shape index (κ3) is 15.2. The Bertz CT molecular complexity index is 295. The number of carbonyl (C=O) groups is 1. The molecule has 0 aromatic heterocycles. The van der Waals surface area contributed by atoms with Crippen molar-refractivity contribution in [3.63, 3.8) is 0 Å². The number of piperazine rings is 1. The van der Waals surface area contributed by atoms with E-state index in [2.05, 4.69) is 21.3 Å². The molecule has 25 heavy (non-hydrogen) atoms. The van der Waals surface area contributed by atoms with Crippen molar-refractivity contribution in [2.45, 2.75) is 50.5 Å². The fraction of sp³-hybridized carbons (Fsp3) is 0.938. The van der Waals surface area contributed by atoms with Crippen LogP contribution >= 0.6 is 0 Å². The first-order valence-electron chi connectivity index (χ1n) is 8.98. The van der Waals surface area contributed by atoms with Crippen LogP contribution in [0.15, 0.2) is 0 Å². The molecule has 3 rings (SSSR count). The van der Waals surface area contributed by atoms with Crippen LogP contribution in [0.25, 0.3) is 0 Å². The minimum atomic E-state index is -0.410. The van der Waals surface area contributed by atoms with Crippen LogP contribution in [0.3, 0.4) is 0 Å². The molecule has 0 aliphatic carbocycles. The van der Waals surface area contributed by atoms with Gasteiger partial charge >= 0.3 is 0 Å². The highest BCUT2D eigenvalue weighted by molar-refractivity contribution is 5.76. The summed E-state index contributed by atoms with van der Waals surface area (Å²) < 4.78 is 0. The lowest BCUT2D eigenvalue weighted by Crippen LogP contribution is -2.47. The van der Waals surface area contributed by atoms with Crippen molar-refractivity contribution >= 4 is 5.91 Å². The Kier molecular flexibility index (Phi) is 16.1. The molecule has 3 aliphatic rings. The van der Waals surface area contributed by atoms with E-state index in [4.69, 9.17) is 20.4 Å². The van der Waals surface area contributed by atoms with Gasteiger partial charge in [-0.3, -0.25) is 10.1 Å². The van der Waals surface area contributed by atoms with E-state index in [0.717, 1.165) is 65.5 Å². The second-order valence-corrected chi connectivity index (χ2v) is 6.01. The van der Waals surface area contributed by atoms with Crippen LogP contribution in [0, 0.1) is 0 Å². The molecule has 1 amide bonds. The van der Waals surface area contributed by atoms with Crippen LogP contribution < -0.4 is 21.3 Å². The average Bonchev–Trinajstić information content (AvgIpc) is 2.82. The molecular weight excluding hydrogens is 328 g/mol. The third-order valence-corrected chi connectivity index (χ3v) is 3.79. The largest absolute Gasteiger partial charge is 0.400 e. The number of nitrogens with one attached hydrogen (secondary N) is 4. The van der Waals surface area contributed by atoms with Gasteiger partial charge in [-0.25, -0.2) is 0 Å². The lowest BCUT2D eigenvalue weighted by atomic mass is 10.1. The van der Waals surface area contributed by atoms with Gasteiger partial charge in [0.05, 0.1) is 18.6 Å². The smallest absolute Gasteiger partial charge is 0.222 e. The van der Waals surface area contributed by atoms with E-state index in [1.165, 1.54) is 0 Å². The number of carbonyl (C=O) groups excluding carboxylic acids is 1. The van der Waals surface area contributed by atoms with Gasteiger partial charge in [0.15, 0.2) is 0 Å². The van der Waals surface area contributed by atoms with E-state index in [-0.39, 0.29) is 24.7 Å². The summed E-state index contributed by atoms with van der Waals surface area (Å²) in [6.07, 6.45) is 3.02. The molecule has 3 fully saturated rings. The molecule has 0 spiro atoms. The van der Waals surface area contributed by atoms with Crippen molar-refractivity contribution in [2.24, 2.45) is 0 Å². The zero-order valence-electron chi connectivity index (χ0n) is 15.2. The first-order chi connectivity index (χ1) is 12.1. The minimum absolute atomic E-state index is 0.0266. The molecule has 3 heterocycles. The zero-order chi connectivity index (χ0) is 18.9. The average molecular weight is 364 g/mol. The number of hydrogen-bond donors (Lipinski definition) is 8. The second-order valence-electron chi connectivity index (χ2n) is 6.01. The summed E-state index contributed by atoms with van der Waals surface area (Å²) in [5, 5.41) is 45.3. The summed E-state index contributed by atoms with van der Waals surface area (Å²) >= 11 is 0. The van der Waals surface area contributed by atoms with Gasteiger partial charge in [-0.2, -0.15) is 0 Å². The number of β-amino-alcohol motifs (C(OH)–C–C–N with tert-alkyl or cyclic N) is 1. The van der Waals surface area contributed by atoms with E-state index in [9.17, 15) is 4.79 Å². The molecule has 2 unspecified atom stereocenters. The standard InChI is InChI=1S/C6H11NO2.C5H11NO.C4H10N2O.CH4O/c8-5-2-1-3-7-6(9)4-5;7-5-1-3-6-4-2-5;7-4-3-5-1-2-6-4;1-2/h5,8H,1-4H2,(H,7,9);5-7H,1-4H2;4-7H,1-3H2;2H,1H3. The van der Waals surface area contributed by atoms with Crippen molar-refractivity contribution in [3.05, 3.63) is 0 Å². The first-order valence-corrected chi connectivity index (χ1v) is 8.98. The molecule has 3 saturated heterocycles. The van der Waals surface area contributed by atoms with Gasteiger partial charge in [0, 0.05) is 33.3 Å². The van der Waals surface area contributed by atoms with Crippen LogP contribution in [-0.4, -0.2) is 91.1 Å². The summed E-state index contributed by atoms with van der Waals surface area (Å²) in [6.45, 7) is 5.22. The number of aliphatic hydroxyl groups excluding tert-OH is 4. The van der Waals surface area contributed by atoms with Gasteiger partial charge in [-0.15, -0.1) is 0 Å². The lowest BCUT2D eigenvalue weighted by Gasteiger charge is -2.18. The van der Waals surface area contributed by atoms with Crippen molar-refractivity contribution in [3.8, 4) is 0 Å². The molecule has 150 valence electrons. The summed E-state index contributed by atoms with van der Waals surface area (Å²) in [4.78, 5) is 10.6. The molecule has 0 aromatic carbocycles. The number of aliphatic hydroxyl groups is 4. The topological polar surface area (TPSA) is 146 Å². The van der Waals surface area contributed by atoms with Crippen LogP contribution in [0.5, 0.6) is 0 Å². The predicted octanol–water partition coefficient (Wildman–Crippen LogP) is -2.52. The Labute approximate surface area is 150 Å². The van der Waals surface area contributed by atoms with Crippen molar-refractivity contribution < 1.29 is 25.2 Å². The van der Waals surface area contributed by atoms with E-state index >= 15 is 0 Å². The second kappa shape index (κ2) is 16.6. The Balaban J connectivity index is 0.000000332. The van der Waals surface area contributed by atoms with E-state index < -0.39 is 6.10 Å². The quantitative estimate of drug-likeness (QED) is 0.235. The molecule has 0 saturated carbocycles. The van der Waals surface area contributed by atoms with E-state index in [1.54, 1.807) is 0 Å². The van der Waals surface area contributed by atoms with Crippen molar-refractivity contribution in [1.29, 1.82) is 0 Å². The maximum atomic E-state index is 10.6. The summed E-state index contributed by atoms with van der Waals surface area (Å²) in [5.41, 5.74) is 0. The molecule has 0 aromatic rings. The van der Waals surface area contributed by atoms with Crippen LogP contribution in [0.2, 0.25) is 0 Å². The molecule has 0 bridgehead atoms. The van der Waals surface area contributed by atoms with Crippen LogP contribution in [0.4, 0.5) is 0 Å². The Morgan fingerprint density at radius 1 is 0.840 bits per heavy atom.